The highest BCUT2D eigenvalue weighted by atomic mass is 32.2. The first kappa shape index (κ1) is 16.7. The fourth-order valence-corrected chi connectivity index (χ4v) is 5.33. The zero-order chi connectivity index (χ0) is 16.6. The summed E-state index contributed by atoms with van der Waals surface area (Å²) in [6, 6.07) is 9.16. The molecular formula is C18H24O4S. The average Bonchev–Trinajstić information content (AvgIpc) is 3.01. The number of allylic oxidation sites excluding steroid dienone is 1. The van der Waals surface area contributed by atoms with Gasteiger partial charge in [-0.25, -0.2) is 4.18 Å². The van der Waals surface area contributed by atoms with Crippen molar-refractivity contribution in [3.05, 3.63) is 48.6 Å². The quantitative estimate of drug-likeness (QED) is 0.583. The molecule has 0 spiro atoms. The van der Waals surface area contributed by atoms with Crippen molar-refractivity contribution >= 4 is 10.1 Å². The Morgan fingerprint density at radius 3 is 2.74 bits per heavy atom. The lowest BCUT2D eigenvalue weighted by Gasteiger charge is -2.38. The van der Waals surface area contributed by atoms with Gasteiger partial charge in [0.15, 0.2) is 5.79 Å². The molecule has 0 bridgehead atoms. The summed E-state index contributed by atoms with van der Waals surface area (Å²) < 4.78 is 37.4. The van der Waals surface area contributed by atoms with Crippen LogP contribution in [0.3, 0.4) is 0 Å². The van der Waals surface area contributed by atoms with E-state index in [-0.39, 0.29) is 5.41 Å². The van der Waals surface area contributed by atoms with Crippen LogP contribution in [-0.2, 0) is 19.0 Å². The third-order valence-electron chi connectivity index (χ3n) is 5.37. The molecule has 0 N–H and O–H groups in total. The molecule has 2 fully saturated rings. The van der Waals surface area contributed by atoms with Gasteiger partial charge in [-0.2, -0.15) is 8.42 Å². The fraction of sp³-hybridized carbons (Fsp3) is 0.556. The van der Waals surface area contributed by atoms with Gasteiger partial charge in [-0.3, -0.25) is 0 Å². The fourth-order valence-electron chi connectivity index (χ4n) is 4.01. The Bertz CT molecular complexity index is 656. The molecule has 3 atom stereocenters. The summed E-state index contributed by atoms with van der Waals surface area (Å²) in [5.74, 6) is -1.01. The van der Waals surface area contributed by atoms with Crippen molar-refractivity contribution in [2.24, 2.45) is 5.41 Å². The smallest absolute Gasteiger partial charge is 0.276 e. The predicted octanol–water partition coefficient (Wildman–Crippen LogP) is 3.96. The van der Waals surface area contributed by atoms with Crippen LogP contribution in [-0.4, -0.2) is 20.8 Å². The lowest BCUT2D eigenvalue weighted by Crippen LogP contribution is -2.45. The van der Waals surface area contributed by atoms with Crippen LogP contribution in [0.25, 0.3) is 0 Å². The largest absolute Gasteiger partial charge is 0.348 e. The molecule has 4 nitrogen and oxygen atoms in total. The van der Waals surface area contributed by atoms with E-state index in [4.69, 9.17) is 8.92 Å². The SMILES string of the molecule is C=CCC12CCCC1(OS(=O)(=O)C(C)c1ccccc1)OCC2. The van der Waals surface area contributed by atoms with Gasteiger partial charge in [0.2, 0.25) is 0 Å². The van der Waals surface area contributed by atoms with Gasteiger partial charge in [-0.15, -0.1) is 6.58 Å². The molecule has 3 unspecified atom stereocenters. The molecule has 1 aromatic rings. The summed E-state index contributed by atoms with van der Waals surface area (Å²) >= 11 is 0. The van der Waals surface area contributed by atoms with Crippen molar-refractivity contribution in [1.29, 1.82) is 0 Å². The molecule has 0 amide bonds. The van der Waals surface area contributed by atoms with Gasteiger partial charge in [0.1, 0.15) is 5.25 Å². The minimum atomic E-state index is -3.78. The number of benzene rings is 1. The van der Waals surface area contributed by atoms with E-state index in [1.807, 2.05) is 36.4 Å². The third kappa shape index (κ3) is 2.75. The summed E-state index contributed by atoms with van der Waals surface area (Å²) in [7, 11) is -3.78. The predicted molar refractivity (Wildman–Crippen MR) is 89.3 cm³/mol. The van der Waals surface area contributed by atoms with E-state index in [1.165, 1.54) is 0 Å². The van der Waals surface area contributed by atoms with Crippen molar-refractivity contribution in [2.45, 2.75) is 50.1 Å². The second-order valence-corrected chi connectivity index (χ2v) is 8.47. The van der Waals surface area contributed by atoms with Crippen molar-refractivity contribution in [3.8, 4) is 0 Å². The molecule has 23 heavy (non-hydrogen) atoms. The molecule has 2 aliphatic rings. The van der Waals surface area contributed by atoms with Gasteiger partial charge < -0.3 is 4.74 Å². The molecule has 0 radical (unpaired) electrons. The van der Waals surface area contributed by atoms with Gasteiger partial charge in [0, 0.05) is 11.8 Å². The van der Waals surface area contributed by atoms with E-state index in [0.29, 0.717) is 13.0 Å². The molecule has 3 rings (SSSR count). The van der Waals surface area contributed by atoms with E-state index in [2.05, 4.69) is 6.58 Å². The molecule has 126 valence electrons. The topological polar surface area (TPSA) is 52.6 Å². The number of hydrogen-bond acceptors (Lipinski definition) is 4. The summed E-state index contributed by atoms with van der Waals surface area (Å²) in [5, 5.41) is -0.718. The summed E-state index contributed by atoms with van der Waals surface area (Å²) in [5.41, 5.74) is 0.479. The molecule has 1 saturated heterocycles. The minimum absolute atomic E-state index is 0.252. The first-order valence-electron chi connectivity index (χ1n) is 8.19. The normalized spacial score (nSPS) is 31.7. The molecule has 1 saturated carbocycles. The van der Waals surface area contributed by atoms with Gasteiger partial charge >= 0.3 is 0 Å². The Morgan fingerprint density at radius 1 is 1.30 bits per heavy atom. The lowest BCUT2D eigenvalue weighted by atomic mass is 9.77. The third-order valence-corrected chi connectivity index (χ3v) is 7.01. The molecule has 1 aromatic carbocycles. The summed E-state index contributed by atoms with van der Waals surface area (Å²) in [6.45, 7) is 6.04. The first-order chi connectivity index (χ1) is 10.9. The Balaban J connectivity index is 1.89. The number of hydrogen-bond donors (Lipinski definition) is 0. The van der Waals surface area contributed by atoms with Crippen LogP contribution in [0, 0.1) is 5.41 Å². The second-order valence-electron chi connectivity index (χ2n) is 6.61. The Hall–Kier alpha value is -1.17. The van der Waals surface area contributed by atoms with Crippen LogP contribution in [0.2, 0.25) is 0 Å². The van der Waals surface area contributed by atoms with Gasteiger partial charge in [-0.05, 0) is 38.2 Å². The lowest BCUT2D eigenvalue weighted by molar-refractivity contribution is -0.188. The Labute approximate surface area is 138 Å². The van der Waals surface area contributed by atoms with Crippen molar-refractivity contribution in [2.75, 3.05) is 6.61 Å². The Kier molecular flexibility index (Phi) is 4.38. The summed E-state index contributed by atoms with van der Waals surface area (Å²) in [6.07, 6.45) is 5.88. The van der Waals surface area contributed by atoms with Crippen LogP contribution < -0.4 is 0 Å². The van der Waals surface area contributed by atoms with Gasteiger partial charge in [0.25, 0.3) is 10.1 Å². The zero-order valence-electron chi connectivity index (χ0n) is 13.5. The molecule has 5 heteroatoms. The van der Waals surface area contributed by atoms with Crippen LogP contribution in [0.15, 0.2) is 43.0 Å². The molecular weight excluding hydrogens is 312 g/mol. The number of fused-ring (bicyclic) bond motifs is 1. The van der Waals surface area contributed by atoms with Crippen LogP contribution >= 0.6 is 0 Å². The maximum atomic E-state index is 12.8. The standard InChI is InChI=1S/C18H24O4S/c1-3-10-17-11-7-12-18(17,21-14-13-17)22-23(19,20)15(2)16-8-5-4-6-9-16/h3-6,8-9,15H,1,7,10-14H2,2H3. The highest BCUT2D eigenvalue weighted by molar-refractivity contribution is 7.87. The van der Waals surface area contributed by atoms with Crippen LogP contribution in [0.1, 0.15) is 49.8 Å². The summed E-state index contributed by atoms with van der Waals surface area (Å²) in [4.78, 5) is 0. The first-order valence-corrected chi connectivity index (χ1v) is 9.66. The molecule has 1 aliphatic heterocycles. The number of rotatable bonds is 6. The highest BCUT2D eigenvalue weighted by Crippen LogP contribution is 2.59. The Morgan fingerprint density at radius 2 is 2.04 bits per heavy atom. The highest BCUT2D eigenvalue weighted by Gasteiger charge is 2.62. The van der Waals surface area contributed by atoms with E-state index in [9.17, 15) is 8.42 Å². The number of ether oxygens (including phenoxy) is 1. The van der Waals surface area contributed by atoms with E-state index < -0.39 is 21.2 Å². The van der Waals surface area contributed by atoms with Crippen molar-refractivity contribution in [1.82, 2.24) is 0 Å². The van der Waals surface area contributed by atoms with Crippen molar-refractivity contribution in [3.63, 3.8) is 0 Å². The van der Waals surface area contributed by atoms with Crippen LogP contribution in [0.4, 0.5) is 0 Å². The molecule has 1 aliphatic carbocycles. The maximum absolute atomic E-state index is 12.8. The monoisotopic (exact) mass is 336 g/mol. The van der Waals surface area contributed by atoms with E-state index in [0.717, 1.165) is 31.2 Å². The van der Waals surface area contributed by atoms with Crippen LogP contribution in [0.5, 0.6) is 0 Å². The zero-order valence-corrected chi connectivity index (χ0v) is 14.3. The maximum Gasteiger partial charge on any atom is 0.276 e. The minimum Gasteiger partial charge on any atom is -0.348 e. The van der Waals surface area contributed by atoms with Gasteiger partial charge in [0.05, 0.1) is 6.61 Å². The van der Waals surface area contributed by atoms with Crippen molar-refractivity contribution < 1.29 is 17.3 Å². The molecule has 0 aromatic heterocycles. The van der Waals surface area contributed by atoms with Gasteiger partial charge in [-0.1, -0.05) is 36.4 Å². The van der Waals surface area contributed by atoms with E-state index >= 15 is 0 Å². The van der Waals surface area contributed by atoms with E-state index in [1.54, 1.807) is 6.92 Å². The molecule has 1 heterocycles. The average molecular weight is 336 g/mol. The second kappa shape index (κ2) is 6.04.